The quantitative estimate of drug-likeness (QED) is 0.348. The van der Waals surface area contributed by atoms with Gasteiger partial charge in [0.15, 0.2) is 0 Å². The van der Waals surface area contributed by atoms with E-state index < -0.39 is 8.07 Å². The number of nitrogens with zero attached hydrogens (tertiary/aromatic N) is 3. The van der Waals surface area contributed by atoms with Crippen LogP contribution in [-0.2, 0) is 11.5 Å². The lowest BCUT2D eigenvalue weighted by Crippen LogP contribution is -2.29. The molecule has 2 heterocycles. The smallest absolute Gasteiger partial charge is 0.139 e. The molecule has 1 fully saturated rings. The molecule has 2 aromatic carbocycles. The second-order valence-electron chi connectivity index (χ2n) is 9.79. The van der Waals surface area contributed by atoms with Crippen molar-refractivity contribution in [2.75, 3.05) is 20.2 Å². The number of ether oxygens (including phenoxy) is 1. The molecule has 1 atom stereocenters. The minimum absolute atomic E-state index is 0.509. The van der Waals surface area contributed by atoms with Gasteiger partial charge in [0.05, 0.1) is 11.7 Å². The Labute approximate surface area is 181 Å². The van der Waals surface area contributed by atoms with Crippen molar-refractivity contribution in [3.05, 3.63) is 54.2 Å². The van der Waals surface area contributed by atoms with Gasteiger partial charge in [-0.25, -0.2) is 4.68 Å². The Balaban J connectivity index is 1.45. The van der Waals surface area contributed by atoms with Gasteiger partial charge < -0.3 is 4.74 Å². The van der Waals surface area contributed by atoms with Gasteiger partial charge in [0.1, 0.15) is 6.73 Å². The zero-order chi connectivity index (χ0) is 21.1. The number of hydrogen-bond donors (Lipinski definition) is 0. The topological polar surface area (TPSA) is 30.3 Å². The zero-order valence-corrected chi connectivity index (χ0v) is 19.8. The van der Waals surface area contributed by atoms with Gasteiger partial charge in [-0.3, -0.25) is 4.90 Å². The molecule has 4 nitrogen and oxygen atoms in total. The molecule has 1 aliphatic heterocycles. The van der Waals surface area contributed by atoms with Gasteiger partial charge >= 0.3 is 0 Å². The van der Waals surface area contributed by atoms with Crippen molar-refractivity contribution in [2.24, 2.45) is 0 Å². The fourth-order valence-electron chi connectivity index (χ4n) is 4.19. The summed E-state index contributed by atoms with van der Waals surface area (Å²) in [6.45, 7) is 9.64. The van der Waals surface area contributed by atoms with Crippen LogP contribution in [-0.4, -0.2) is 43.0 Å². The van der Waals surface area contributed by atoms with Crippen molar-refractivity contribution < 1.29 is 4.74 Å². The molecule has 1 unspecified atom stereocenters. The number of hydrogen-bond acceptors (Lipinski definition) is 3. The monoisotopic (exact) mass is 420 g/mol. The molecule has 1 saturated heterocycles. The van der Waals surface area contributed by atoms with E-state index in [0.29, 0.717) is 12.8 Å². The Morgan fingerprint density at radius 3 is 2.70 bits per heavy atom. The van der Waals surface area contributed by atoms with Crippen LogP contribution in [0.15, 0.2) is 42.6 Å². The van der Waals surface area contributed by atoms with Gasteiger partial charge in [-0.2, -0.15) is 5.10 Å². The molecule has 1 aliphatic rings. The van der Waals surface area contributed by atoms with Crippen molar-refractivity contribution in [3.63, 3.8) is 0 Å². The number of piperidine rings is 1. The van der Waals surface area contributed by atoms with Crippen LogP contribution in [0.1, 0.15) is 30.9 Å². The Morgan fingerprint density at radius 2 is 1.97 bits per heavy atom. The van der Waals surface area contributed by atoms with Crippen molar-refractivity contribution in [1.29, 1.82) is 0 Å². The van der Waals surface area contributed by atoms with E-state index >= 15 is 0 Å². The predicted molar refractivity (Wildman–Crippen MR) is 127 cm³/mol. The highest BCUT2D eigenvalue weighted by molar-refractivity contribution is 6.76. The summed E-state index contributed by atoms with van der Waals surface area (Å²) < 4.78 is 7.84. The van der Waals surface area contributed by atoms with E-state index in [9.17, 15) is 0 Å². The summed E-state index contributed by atoms with van der Waals surface area (Å²) in [5, 5.41) is 5.69. The largest absolute Gasteiger partial charge is 0.360 e. The molecule has 0 aliphatic carbocycles. The SMILES string of the molecule is CN1CCCCC1c1[c]cc(-c2ccc3c(cnn3COCC[Si](C)(C)C)c2)cc1. The summed E-state index contributed by atoms with van der Waals surface area (Å²) in [6, 6.07) is 18.4. The van der Waals surface area contributed by atoms with E-state index in [4.69, 9.17) is 4.74 Å². The van der Waals surface area contributed by atoms with E-state index in [1.54, 1.807) is 0 Å². The molecule has 0 N–H and O–H groups in total. The van der Waals surface area contributed by atoms with E-state index in [1.807, 2.05) is 10.9 Å². The normalized spacial score (nSPS) is 18.2. The molecule has 3 aromatic rings. The van der Waals surface area contributed by atoms with Gasteiger partial charge in [-0.15, -0.1) is 0 Å². The third-order valence-corrected chi connectivity index (χ3v) is 7.86. The Kier molecular flexibility index (Phi) is 6.42. The second-order valence-corrected chi connectivity index (χ2v) is 15.4. The van der Waals surface area contributed by atoms with Crippen molar-refractivity contribution in [1.82, 2.24) is 14.7 Å². The second kappa shape index (κ2) is 9.04. The number of rotatable bonds is 7. The molecule has 0 saturated carbocycles. The molecular weight excluding hydrogens is 386 g/mol. The summed E-state index contributed by atoms with van der Waals surface area (Å²) in [5.74, 6) is 0. The standard InChI is InChI=1S/C25H34N3OSi/c1-27-14-6-5-7-24(27)21-10-8-20(9-11-21)22-12-13-25-23(17-22)18-26-28(25)19-29-15-16-30(2,3)4/h8-10,12-13,17-18,24H,5-7,14-16,19H2,1-4H3. The number of benzene rings is 2. The van der Waals surface area contributed by atoms with Crippen molar-refractivity contribution >= 4 is 19.0 Å². The van der Waals surface area contributed by atoms with E-state index in [0.717, 1.165) is 17.5 Å². The number of likely N-dealkylation sites (tertiary alicyclic amines) is 1. The molecule has 0 spiro atoms. The highest BCUT2D eigenvalue weighted by Gasteiger charge is 2.20. The first-order valence-corrected chi connectivity index (χ1v) is 14.9. The lowest BCUT2D eigenvalue weighted by molar-refractivity contribution is 0.0817. The van der Waals surface area contributed by atoms with Gasteiger partial charge in [-0.1, -0.05) is 44.3 Å². The lowest BCUT2D eigenvalue weighted by atomic mass is 9.94. The highest BCUT2D eigenvalue weighted by atomic mass is 28.3. The number of aromatic nitrogens is 2. The van der Waals surface area contributed by atoms with Crippen LogP contribution < -0.4 is 0 Å². The molecule has 1 aromatic heterocycles. The van der Waals surface area contributed by atoms with Crippen molar-refractivity contribution in [2.45, 2.75) is 57.7 Å². The van der Waals surface area contributed by atoms with Crippen LogP contribution in [0.3, 0.4) is 0 Å². The molecule has 30 heavy (non-hydrogen) atoms. The van der Waals surface area contributed by atoms with Gasteiger partial charge in [-0.05, 0) is 73.4 Å². The van der Waals surface area contributed by atoms with Gasteiger partial charge in [0.25, 0.3) is 0 Å². The zero-order valence-electron chi connectivity index (χ0n) is 18.8. The van der Waals surface area contributed by atoms with Crippen LogP contribution in [0.5, 0.6) is 0 Å². The Hall–Kier alpha value is -1.95. The maximum absolute atomic E-state index is 5.88. The van der Waals surface area contributed by atoms with E-state index in [-0.39, 0.29) is 0 Å². The van der Waals surface area contributed by atoms with Gasteiger partial charge in [0, 0.05) is 26.1 Å². The summed E-state index contributed by atoms with van der Waals surface area (Å²) >= 11 is 0. The molecule has 1 radical (unpaired) electrons. The lowest BCUT2D eigenvalue weighted by Gasteiger charge is -2.32. The molecular formula is C25H34N3OSi. The molecule has 5 heteroatoms. The van der Waals surface area contributed by atoms with Crippen molar-refractivity contribution in [3.8, 4) is 11.1 Å². The first-order valence-electron chi connectivity index (χ1n) is 11.2. The number of fused-ring (bicyclic) bond motifs is 1. The van der Waals surface area contributed by atoms with Crippen LogP contribution in [0.4, 0.5) is 0 Å². The van der Waals surface area contributed by atoms with Crippen LogP contribution in [0.2, 0.25) is 25.7 Å². The summed E-state index contributed by atoms with van der Waals surface area (Å²) in [6.07, 6.45) is 5.79. The third-order valence-electron chi connectivity index (χ3n) is 6.15. The minimum atomic E-state index is -1.06. The fraction of sp³-hybridized carbons (Fsp3) is 0.480. The Morgan fingerprint density at radius 1 is 1.13 bits per heavy atom. The van der Waals surface area contributed by atoms with Gasteiger partial charge in [0.2, 0.25) is 0 Å². The van der Waals surface area contributed by atoms with E-state index in [1.165, 1.54) is 48.5 Å². The van der Waals surface area contributed by atoms with E-state index in [2.05, 4.69) is 79.2 Å². The molecule has 0 bridgehead atoms. The summed E-state index contributed by atoms with van der Waals surface area (Å²) in [7, 11) is 1.17. The summed E-state index contributed by atoms with van der Waals surface area (Å²) in [4.78, 5) is 2.46. The predicted octanol–water partition coefficient (Wildman–Crippen LogP) is 5.97. The highest BCUT2D eigenvalue weighted by Crippen LogP contribution is 2.31. The average Bonchev–Trinajstić information content (AvgIpc) is 3.13. The molecule has 0 amide bonds. The van der Waals surface area contributed by atoms with Crippen LogP contribution >= 0.6 is 0 Å². The molecule has 159 valence electrons. The molecule has 4 rings (SSSR count). The first kappa shape index (κ1) is 21.3. The maximum Gasteiger partial charge on any atom is 0.139 e. The maximum atomic E-state index is 5.88. The van der Waals surface area contributed by atoms with Crippen LogP contribution in [0, 0.1) is 6.07 Å². The first-order chi connectivity index (χ1) is 14.4. The fourth-order valence-corrected chi connectivity index (χ4v) is 4.95. The summed E-state index contributed by atoms with van der Waals surface area (Å²) in [5.41, 5.74) is 4.85. The Bertz CT molecular complexity index is 974. The minimum Gasteiger partial charge on any atom is -0.360 e. The average molecular weight is 421 g/mol. The van der Waals surface area contributed by atoms with Crippen LogP contribution in [0.25, 0.3) is 22.0 Å². The third kappa shape index (κ3) is 5.02.